The van der Waals surface area contributed by atoms with E-state index in [-0.39, 0.29) is 11.2 Å². The summed E-state index contributed by atoms with van der Waals surface area (Å²) in [6.45, 7) is 4.63. The van der Waals surface area contributed by atoms with Gasteiger partial charge in [-0.1, -0.05) is 12.1 Å². The quantitative estimate of drug-likeness (QED) is 0.633. The highest BCUT2D eigenvalue weighted by Crippen LogP contribution is 2.17. The number of benzene rings is 1. The van der Waals surface area contributed by atoms with Gasteiger partial charge in [-0.25, -0.2) is 4.98 Å². The number of nitrogens with zero attached hydrogens (tertiary/aromatic N) is 2. The van der Waals surface area contributed by atoms with Gasteiger partial charge in [0.25, 0.3) is 5.56 Å². The van der Waals surface area contributed by atoms with Gasteiger partial charge >= 0.3 is 0 Å². The number of rotatable bonds is 8. The van der Waals surface area contributed by atoms with Crippen molar-refractivity contribution in [1.29, 1.82) is 0 Å². The fourth-order valence-electron chi connectivity index (χ4n) is 2.90. The molecule has 1 aliphatic rings. The number of aromatic amines is 1. The van der Waals surface area contributed by atoms with Crippen molar-refractivity contribution in [1.82, 2.24) is 14.9 Å². The second-order valence-electron chi connectivity index (χ2n) is 6.28. The lowest BCUT2D eigenvalue weighted by Gasteiger charge is -2.15. The Morgan fingerprint density at radius 2 is 2.16 bits per heavy atom. The largest absolute Gasteiger partial charge is 0.494 e. The topological polar surface area (TPSA) is 96.3 Å². The Labute approximate surface area is 147 Å². The van der Waals surface area contributed by atoms with Gasteiger partial charge in [-0.3, -0.25) is 14.7 Å². The van der Waals surface area contributed by atoms with Crippen LogP contribution in [0.25, 0.3) is 0 Å². The smallest absolute Gasteiger partial charge is 0.275 e. The molecule has 1 fully saturated rings. The van der Waals surface area contributed by atoms with Gasteiger partial charge in [0.2, 0.25) is 5.95 Å². The standard InChI is InChI=1S/C18H25N5O2/c19-16-12-21-18(22-17(16)24)20-7-4-10-25-15-6-3-5-14(11-15)13-23-8-1-2-9-23/h3,5-6,11-12H,1-2,4,7-10,13,19H2,(H2,20,21,22,24). The van der Waals surface area contributed by atoms with E-state index in [1.165, 1.54) is 37.7 Å². The molecule has 1 aliphatic heterocycles. The summed E-state index contributed by atoms with van der Waals surface area (Å²) < 4.78 is 5.82. The zero-order chi connectivity index (χ0) is 17.5. The minimum absolute atomic E-state index is 0.114. The number of nitrogen functional groups attached to an aromatic ring is 1. The Kier molecular flexibility index (Phi) is 5.90. The van der Waals surface area contributed by atoms with Crippen molar-refractivity contribution in [3.8, 4) is 5.75 Å². The molecule has 0 amide bonds. The average molecular weight is 343 g/mol. The van der Waals surface area contributed by atoms with E-state index in [4.69, 9.17) is 10.5 Å². The number of hydrogen-bond donors (Lipinski definition) is 3. The molecule has 4 N–H and O–H groups in total. The molecule has 0 radical (unpaired) electrons. The molecule has 3 rings (SSSR count). The van der Waals surface area contributed by atoms with Crippen LogP contribution in [-0.2, 0) is 6.54 Å². The molecule has 2 heterocycles. The molecule has 0 aliphatic carbocycles. The first kappa shape index (κ1) is 17.3. The fraction of sp³-hybridized carbons (Fsp3) is 0.444. The monoisotopic (exact) mass is 343 g/mol. The molecule has 134 valence electrons. The third-order valence-corrected chi connectivity index (χ3v) is 4.21. The van der Waals surface area contributed by atoms with Crippen molar-refractivity contribution in [2.45, 2.75) is 25.8 Å². The summed E-state index contributed by atoms with van der Waals surface area (Å²) in [5.41, 5.74) is 6.51. The highest BCUT2D eigenvalue weighted by molar-refractivity contribution is 5.35. The summed E-state index contributed by atoms with van der Waals surface area (Å²) >= 11 is 0. The van der Waals surface area contributed by atoms with Gasteiger partial charge in [0, 0.05) is 13.1 Å². The lowest BCUT2D eigenvalue weighted by Crippen LogP contribution is -2.18. The van der Waals surface area contributed by atoms with Gasteiger partial charge in [0.05, 0.1) is 12.8 Å². The maximum atomic E-state index is 11.4. The Bertz CT molecular complexity index is 740. The van der Waals surface area contributed by atoms with Crippen molar-refractivity contribution >= 4 is 11.6 Å². The Hall–Kier alpha value is -2.54. The van der Waals surface area contributed by atoms with Gasteiger partial charge in [0.1, 0.15) is 11.4 Å². The SMILES string of the molecule is Nc1cnc(NCCCOc2cccc(CN3CCCC3)c2)[nH]c1=O. The summed E-state index contributed by atoms with van der Waals surface area (Å²) in [5.74, 6) is 1.32. The van der Waals surface area contributed by atoms with E-state index >= 15 is 0 Å². The minimum atomic E-state index is -0.330. The molecule has 7 heteroatoms. The normalized spacial score (nSPS) is 14.6. The number of aromatic nitrogens is 2. The molecular formula is C18H25N5O2. The maximum absolute atomic E-state index is 11.4. The first-order valence-corrected chi connectivity index (χ1v) is 8.73. The van der Waals surface area contributed by atoms with Gasteiger partial charge in [-0.05, 0) is 50.0 Å². The van der Waals surface area contributed by atoms with E-state index in [9.17, 15) is 4.79 Å². The van der Waals surface area contributed by atoms with Crippen molar-refractivity contribution in [3.05, 3.63) is 46.4 Å². The van der Waals surface area contributed by atoms with Crippen LogP contribution in [0.15, 0.2) is 35.3 Å². The molecule has 2 aromatic rings. The van der Waals surface area contributed by atoms with Gasteiger partial charge in [0.15, 0.2) is 0 Å². The highest BCUT2D eigenvalue weighted by Gasteiger charge is 2.11. The third kappa shape index (κ3) is 5.22. The summed E-state index contributed by atoms with van der Waals surface area (Å²) in [7, 11) is 0. The van der Waals surface area contributed by atoms with Crippen LogP contribution in [0, 0.1) is 0 Å². The van der Waals surface area contributed by atoms with Crippen molar-refractivity contribution in [2.24, 2.45) is 0 Å². The molecule has 0 saturated carbocycles. The van der Waals surface area contributed by atoms with Crippen LogP contribution in [0.2, 0.25) is 0 Å². The first-order valence-electron chi connectivity index (χ1n) is 8.73. The predicted molar refractivity (Wildman–Crippen MR) is 98.8 cm³/mol. The van der Waals surface area contributed by atoms with Crippen LogP contribution in [0.1, 0.15) is 24.8 Å². The molecule has 7 nitrogen and oxygen atoms in total. The molecule has 1 saturated heterocycles. The molecule has 0 spiro atoms. The van der Waals surface area contributed by atoms with E-state index in [0.29, 0.717) is 19.1 Å². The number of hydrogen-bond acceptors (Lipinski definition) is 6. The van der Waals surface area contributed by atoms with Crippen LogP contribution in [0.4, 0.5) is 11.6 Å². The van der Waals surface area contributed by atoms with Gasteiger partial charge < -0.3 is 15.8 Å². The molecule has 1 aromatic heterocycles. The molecule has 0 bridgehead atoms. The number of anilines is 2. The number of likely N-dealkylation sites (tertiary alicyclic amines) is 1. The van der Waals surface area contributed by atoms with Crippen molar-refractivity contribution < 1.29 is 4.74 Å². The van der Waals surface area contributed by atoms with Gasteiger partial charge in [-0.15, -0.1) is 0 Å². The summed E-state index contributed by atoms with van der Waals surface area (Å²) in [5, 5.41) is 3.05. The lowest BCUT2D eigenvalue weighted by atomic mass is 10.2. The maximum Gasteiger partial charge on any atom is 0.275 e. The van der Waals surface area contributed by atoms with Crippen LogP contribution < -0.4 is 21.3 Å². The zero-order valence-electron chi connectivity index (χ0n) is 14.3. The fourth-order valence-corrected chi connectivity index (χ4v) is 2.90. The third-order valence-electron chi connectivity index (χ3n) is 4.21. The second-order valence-corrected chi connectivity index (χ2v) is 6.28. The van der Waals surface area contributed by atoms with Crippen LogP contribution in [-0.4, -0.2) is 41.1 Å². The molecule has 0 atom stereocenters. The molecular weight excluding hydrogens is 318 g/mol. The summed E-state index contributed by atoms with van der Waals surface area (Å²) in [6.07, 6.45) is 4.75. The molecule has 1 aromatic carbocycles. The molecule has 0 unspecified atom stereocenters. The van der Waals surface area contributed by atoms with Crippen LogP contribution in [0.5, 0.6) is 5.75 Å². The van der Waals surface area contributed by atoms with Crippen molar-refractivity contribution in [2.75, 3.05) is 37.3 Å². The lowest BCUT2D eigenvalue weighted by molar-refractivity contribution is 0.310. The van der Waals surface area contributed by atoms with Crippen LogP contribution in [0.3, 0.4) is 0 Å². The minimum Gasteiger partial charge on any atom is -0.494 e. The summed E-state index contributed by atoms with van der Waals surface area (Å²) in [6, 6.07) is 8.29. The number of ether oxygens (including phenoxy) is 1. The van der Waals surface area contributed by atoms with E-state index in [0.717, 1.165) is 18.7 Å². The Morgan fingerprint density at radius 3 is 2.96 bits per heavy atom. The number of nitrogens with one attached hydrogen (secondary N) is 2. The van der Waals surface area contributed by atoms with E-state index in [1.807, 2.05) is 12.1 Å². The van der Waals surface area contributed by atoms with E-state index < -0.39 is 0 Å². The highest BCUT2D eigenvalue weighted by atomic mass is 16.5. The number of H-pyrrole nitrogens is 1. The zero-order valence-corrected chi connectivity index (χ0v) is 14.3. The second kappa shape index (κ2) is 8.53. The first-order chi connectivity index (χ1) is 12.2. The summed E-state index contributed by atoms with van der Waals surface area (Å²) in [4.78, 5) is 20.5. The molecule has 25 heavy (non-hydrogen) atoms. The number of nitrogens with two attached hydrogens (primary N) is 1. The van der Waals surface area contributed by atoms with Crippen LogP contribution >= 0.6 is 0 Å². The van der Waals surface area contributed by atoms with Crippen molar-refractivity contribution in [3.63, 3.8) is 0 Å². The Morgan fingerprint density at radius 1 is 1.32 bits per heavy atom. The van der Waals surface area contributed by atoms with E-state index in [1.54, 1.807) is 0 Å². The average Bonchev–Trinajstić information content (AvgIpc) is 3.11. The van der Waals surface area contributed by atoms with Gasteiger partial charge in [-0.2, -0.15) is 0 Å². The van der Waals surface area contributed by atoms with E-state index in [2.05, 4.69) is 32.3 Å². The predicted octanol–water partition coefficient (Wildman–Crippen LogP) is 1.83. The Balaban J connectivity index is 1.39.